The van der Waals surface area contributed by atoms with E-state index in [0.29, 0.717) is 12.0 Å². The molecule has 0 fully saturated rings. The molecule has 25 heavy (non-hydrogen) atoms. The summed E-state index contributed by atoms with van der Waals surface area (Å²) in [5.41, 5.74) is 3.23. The van der Waals surface area contributed by atoms with Crippen molar-refractivity contribution in [3.63, 3.8) is 0 Å². The number of carbonyl (C=O) groups is 2. The Morgan fingerprint density at radius 1 is 1.12 bits per heavy atom. The molecular weight excluding hydrogens is 382 g/mol. The number of hydrogen-bond donors (Lipinski definition) is 2. The molecule has 0 saturated carbocycles. The molecule has 0 aliphatic carbocycles. The first-order valence-corrected chi connectivity index (χ1v) is 8.59. The minimum absolute atomic E-state index is 0.0678. The van der Waals surface area contributed by atoms with Crippen LogP contribution in [0.3, 0.4) is 0 Å². The van der Waals surface area contributed by atoms with E-state index in [1.54, 1.807) is 12.1 Å². The van der Waals surface area contributed by atoms with Crippen LogP contribution in [-0.2, 0) is 16.0 Å². The van der Waals surface area contributed by atoms with Gasteiger partial charge in [-0.1, -0.05) is 28.1 Å². The van der Waals surface area contributed by atoms with Crippen molar-refractivity contribution in [3.8, 4) is 6.07 Å². The highest BCUT2D eigenvalue weighted by Gasteiger charge is 2.08. The Morgan fingerprint density at radius 2 is 1.84 bits per heavy atom. The van der Waals surface area contributed by atoms with Gasteiger partial charge in [0.15, 0.2) is 0 Å². The van der Waals surface area contributed by atoms with Crippen molar-refractivity contribution < 1.29 is 9.59 Å². The average molecular weight is 400 g/mol. The van der Waals surface area contributed by atoms with Gasteiger partial charge in [-0.2, -0.15) is 5.26 Å². The average Bonchev–Trinajstić information content (AvgIpc) is 2.61. The van der Waals surface area contributed by atoms with E-state index in [1.165, 1.54) is 0 Å². The highest BCUT2D eigenvalue weighted by atomic mass is 79.9. The second kappa shape index (κ2) is 9.00. The molecule has 0 atom stereocenters. The molecule has 5 nitrogen and oxygen atoms in total. The van der Waals surface area contributed by atoms with Gasteiger partial charge in [0.25, 0.3) is 0 Å². The van der Waals surface area contributed by atoms with Crippen LogP contribution in [0.15, 0.2) is 46.9 Å². The third-order valence-corrected chi connectivity index (χ3v) is 4.13. The van der Waals surface area contributed by atoms with E-state index >= 15 is 0 Å². The summed E-state index contributed by atoms with van der Waals surface area (Å²) in [6.07, 6.45) is 0.849. The van der Waals surface area contributed by atoms with E-state index in [9.17, 15) is 9.59 Å². The molecule has 0 aliphatic rings. The summed E-state index contributed by atoms with van der Waals surface area (Å²) in [6, 6.07) is 14.7. The predicted octanol–water partition coefficient (Wildman–Crippen LogP) is 3.32. The third-order valence-electron chi connectivity index (χ3n) is 3.63. The Balaban J connectivity index is 1.75. The minimum Gasteiger partial charge on any atom is -0.347 e. The van der Waals surface area contributed by atoms with Crippen molar-refractivity contribution in [2.45, 2.75) is 19.8 Å². The van der Waals surface area contributed by atoms with E-state index in [-0.39, 0.29) is 24.8 Å². The molecule has 2 rings (SSSR count). The number of rotatable bonds is 6. The molecule has 2 aromatic carbocycles. The van der Waals surface area contributed by atoms with Gasteiger partial charge in [-0.25, -0.2) is 0 Å². The van der Waals surface area contributed by atoms with Crippen LogP contribution in [0, 0.1) is 18.3 Å². The van der Waals surface area contributed by atoms with Crippen LogP contribution in [0.2, 0.25) is 0 Å². The number of nitrogens with one attached hydrogen (secondary N) is 2. The lowest BCUT2D eigenvalue weighted by Gasteiger charge is -2.09. The Morgan fingerprint density at radius 3 is 2.48 bits per heavy atom. The molecule has 0 aliphatic heterocycles. The Labute approximate surface area is 155 Å². The Bertz CT molecular complexity index is 810. The van der Waals surface area contributed by atoms with Crippen LogP contribution in [-0.4, -0.2) is 18.4 Å². The summed E-state index contributed by atoms with van der Waals surface area (Å²) in [6.45, 7) is 1.83. The summed E-state index contributed by atoms with van der Waals surface area (Å²) >= 11 is 3.37. The van der Waals surface area contributed by atoms with Gasteiger partial charge in [0.05, 0.1) is 18.2 Å². The number of anilines is 1. The number of nitrogens with zero attached hydrogens (tertiary/aromatic N) is 1. The van der Waals surface area contributed by atoms with Crippen molar-refractivity contribution in [1.82, 2.24) is 5.32 Å². The molecule has 0 saturated heterocycles. The fourth-order valence-electron chi connectivity index (χ4n) is 2.23. The minimum atomic E-state index is -0.267. The number of halogens is 1. The number of benzene rings is 2. The molecule has 6 heteroatoms. The maximum atomic E-state index is 11.9. The van der Waals surface area contributed by atoms with Gasteiger partial charge in [-0.3, -0.25) is 9.59 Å². The van der Waals surface area contributed by atoms with Crippen molar-refractivity contribution in [2.75, 3.05) is 11.9 Å². The van der Waals surface area contributed by atoms with Crippen molar-refractivity contribution in [2.24, 2.45) is 0 Å². The molecule has 2 N–H and O–H groups in total. The van der Waals surface area contributed by atoms with Crippen molar-refractivity contribution in [1.29, 1.82) is 5.26 Å². The smallest absolute Gasteiger partial charge is 0.243 e. The zero-order chi connectivity index (χ0) is 18.2. The van der Waals surface area contributed by atoms with E-state index < -0.39 is 0 Å². The molecule has 2 aromatic rings. The number of aryl methyl sites for hydroxylation is 2. The quantitative estimate of drug-likeness (QED) is 0.781. The van der Waals surface area contributed by atoms with Gasteiger partial charge in [0, 0.05) is 16.6 Å². The molecular formula is C19H18BrN3O2. The first-order chi connectivity index (χ1) is 12.0. The predicted molar refractivity (Wildman–Crippen MR) is 100.0 cm³/mol. The molecule has 0 spiro atoms. The maximum absolute atomic E-state index is 11.9. The number of amides is 2. The van der Waals surface area contributed by atoms with Crippen molar-refractivity contribution >= 4 is 33.4 Å². The highest BCUT2D eigenvalue weighted by molar-refractivity contribution is 9.10. The van der Waals surface area contributed by atoms with Gasteiger partial charge in [0.2, 0.25) is 11.8 Å². The summed E-state index contributed by atoms with van der Waals surface area (Å²) in [5.74, 6) is -0.454. The molecule has 128 valence electrons. The SMILES string of the molecule is Cc1cc(Br)ccc1NC(=O)CNC(=O)CCc1ccc(C#N)cc1. The largest absolute Gasteiger partial charge is 0.347 e. The van der Waals surface area contributed by atoms with Crippen molar-refractivity contribution in [3.05, 3.63) is 63.6 Å². The summed E-state index contributed by atoms with van der Waals surface area (Å²) in [7, 11) is 0. The summed E-state index contributed by atoms with van der Waals surface area (Å²) < 4.78 is 0.944. The second-order valence-electron chi connectivity index (χ2n) is 5.59. The van der Waals surface area contributed by atoms with Crippen LogP contribution in [0.25, 0.3) is 0 Å². The highest BCUT2D eigenvalue weighted by Crippen LogP contribution is 2.19. The van der Waals surface area contributed by atoms with Gasteiger partial charge in [-0.15, -0.1) is 0 Å². The van der Waals surface area contributed by atoms with Crippen LogP contribution in [0.4, 0.5) is 5.69 Å². The first-order valence-electron chi connectivity index (χ1n) is 7.79. The van der Waals surface area contributed by atoms with Gasteiger partial charge in [0.1, 0.15) is 0 Å². The molecule has 2 amide bonds. The molecule has 0 bridgehead atoms. The van der Waals surface area contributed by atoms with E-state index in [2.05, 4.69) is 32.6 Å². The van der Waals surface area contributed by atoms with Crippen LogP contribution in [0.5, 0.6) is 0 Å². The fraction of sp³-hybridized carbons (Fsp3) is 0.211. The molecule has 0 heterocycles. The standard InChI is InChI=1S/C19H18BrN3O2/c1-13-10-16(20)7-8-17(13)23-19(25)12-22-18(24)9-6-14-2-4-15(11-21)5-3-14/h2-5,7-8,10H,6,9,12H2,1H3,(H,22,24)(H,23,25). The van der Waals surface area contributed by atoms with E-state index in [1.807, 2.05) is 37.3 Å². The monoisotopic (exact) mass is 399 g/mol. The third kappa shape index (κ3) is 6.05. The van der Waals surface area contributed by atoms with E-state index in [0.717, 1.165) is 21.3 Å². The zero-order valence-electron chi connectivity index (χ0n) is 13.8. The fourth-order valence-corrected chi connectivity index (χ4v) is 2.71. The normalized spacial score (nSPS) is 9.96. The molecule has 0 aromatic heterocycles. The first kappa shape index (κ1) is 18.7. The van der Waals surface area contributed by atoms with Gasteiger partial charge < -0.3 is 10.6 Å². The lowest BCUT2D eigenvalue weighted by atomic mass is 10.1. The van der Waals surface area contributed by atoms with Crippen LogP contribution < -0.4 is 10.6 Å². The van der Waals surface area contributed by atoms with Gasteiger partial charge in [-0.05, 0) is 54.8 Å². The Hall–Kier alpha value is -2.65. The maximum Gasteiger partial charge on any atom is 0.243 e. The number of nitriles is 1. The summed E-state index contributed by atoms with van der Waals surface area (Å²) in [5, 5.41) is 14.1. The Kier molecular flexibility index (Phi) is 6.72. The molecule has 0 unspecified atom stereocenters. The molecule has 0 radical (unpaired) electrons. The zero-order valence-corrected chi connectivity index (χ0v) is 15.4. The number of carbonyl (C=O) groups excluding carboxylic acids is 2. The second-order valence-corrected chi connectivity index (χ2v) is 6.51. The summed E-state index contributed by atoms with van der Waals surface area (Å²) in [4.78, 5) is 23.8. The van der Waals surface area contributed by atoms with Crippen LogP contribution in [0.1, 0.15) is 23.1 Å². The lowest BCUT2D eigenvalue weighted by molar-refractivity contribution is -0.124. The van der Waals surface area contributed by atoms with E-state index in [4.69, 9.17) is 5.26 Å². The number of hydrogen-bond acceptors (Lipinski definition) is 3. The van der Waals surface area contributed by atoms with Crippen LogP contribution >= 0.6 is 15.9 Å². The topological polar surface area (TPSA) is 82.0 Å². The lowest BCUT2D eigenvalue weighted by Crippen LogP contribution is -2.33. The van der Waals surface area contributed by atoms with Gasteiger partial charge >= 0.3 is 0 Å².